The van der Waals surface area contributed by atoms with E-state index in [0.717, 1.165) is 17.0 Å². The van der Waals surface area contributed by atoms with Gasteiger partial charge in [0.1, 0.15) is 0 Å². The molecule has 1 aromatic heterocycles. The number of hydrogen-bond donors (Lipinski definition) is 1. The molecule has 1 aliphatic heterocycles. The van der Waals surface area contributed by atoms with Crippen LogP contribution in [0, 0.1) is 0 Å². The molecule has 0 radical (unpaired) electrons. The lowest BCUT2D eigenvalue weighted by Gasteiger charge is -2.35. The van der Waals surface area contributed by atoms with Crippen molar-refractivity contribution in [1.82, 2.24) is 4.31 Å². The Labute approximate surface area is 174 Å². The van der Waals surface area contributed by atoms with E-state index in [1.165, 1.54) is 10.4 Å². The van der Waals surface area contributed by atoms with Gasteiger partial charge in [-0.05, 0) is 30.3 Å². The molecule has 8 heteroatoms. The summed E-state index contributed by atoms with van der Waals surface area (Å²) < 4.78 is 27.5. The van der Waals surface area contributed by atoms with Crippen LogP contribution in [0.5, 0.6) is 0 Å². The van der Waals surface area contributed by atoms with Gasteiger partial charge in [-0.15, -0.1) is 11.3 Å². The summed E-state index contributed by atoms with van der Waals surface area (Å²) in [6.07, 6.45) is 0. The highest BCUT2D eigenvalue weighted by Gasteiger charge is 2.30. The molecular formula is C21H21N3O3S2. The third-order valence-corrected chi connectivity index (χ3v) is 7.78. The van der Waals surface area contributed by atoms with Gasteiger partial charge in [0, 0.05) is 42.9 Å². The van der Waals surface area contributed by atoms with E-state index in [9.17, 15) is 13.2 Å². The molecule has 2 aromatic carbocycles. The molecule has 0 atom stereocenters. The first-order valence-corrected chi connectivity index (χ1v) is 11.6. The van der Waals surface area contributed by atoms with Gasteiger partial charge in [-0.3, -0.25) is 4.79 Å². The molecule has 29 heavy (non-hydrogen) atoms. The number of sulfonamides is 1. The molecule has 4 rings (SSSR count). The number of rotatable bonds is 5. The SMILES string of the molecule is O=C(Nc1ccccc1)c1cc(S(=O)(=O)N2CCN(c3ccccc3)CC2)cs1. The smallest absolute Gasteiger partial charge is 0.265 e. The number of carbonyl (C=O) groups is 1. The Hall–Kier alpha value is -2.68. The Balaban J connectivity index is 1.43. The molecule has 0 aliphatic carbocycles. The number of para-hydroxylation sites is 2. The monoisotopic (exact) mass is 427 g/mol. The predicted molar refractivity (Wildman–Crippen MR) is 116 cm³/mol. The van der Waals surface area contributed by atoms with Gasteiger partial charge in [-0.1, -0.05) is 36.4 Å². The number of piperazine rings is 1. The Morgan fingerprint density at radius 1 is 0.897 bits per heavy atom. The molecule has 6 nitrogen and oxygen atoms in total. The van der Waals surface area contributed by atoms with Crippen molar-refractivity contribution in [3.05, 3.63) is 77.0 Å². The van der Waals surface area contributed by atoms with E-state index in [0.29, 0.717) is 36.7 Å². The fourth-order valence-electron chi connectivity index (χ4n) is 3.26. The van der Waals surface area contributed by atoms with E-state index in [2.05, 4.69) is 10.2 Å². The molecule has 1 saturated heterocycles. The summed E-state index contributed by atoms with van der Waals surface area (Å²) in [5.74, 6) is -0.309. The first-order chi connectivity index (χ1) is 14.0. The Kier molecular flexibility index (Phi) is 5.66. The molecule has 1 fully saturated rings. The second kappa shape index (κ2) is 8.36. The second-order valence-electron chi connectivity index (χ2n) is 6.69. The Morgan fingerprint density at radius 2 is 1.52 bits per heavy atom. The van der Waals surface area contributed by atoms with Crippen molar-refractivity contribution in [3.63, 3.8) is 0 Å². The summed E-state index contributed by atoms with van der Waals surface area (Å²) >= 11 is 1.14. The predicted octanol–water partition coefficient (Wildman–Crippen LogP) is 3.51. The molecule has 0 saturated carbocycles. The zero-order valence-corrected chi connectivity index (χ0v) is 17.3. The summed E-state index contributed by atoms with van der Waals surface area (Å²) in [5.41, 5.74) is 1.77. The molecule has 3 aromatic rings. The third-order valence-electron chi connectivity index (χ3n) is 4.83. The van der Waals surface area contributed by atoms with Gasteiger partial charge in [0.25, 0.3) is 5.91 Å². The first-order valence-electron chi connectivity index (χ1n) is 9.29. The molecule has 0 spiro atoms. The van der Waals surface area contributed by atoms with E-state index in [1.54, 1.807) is 17.5 Å². The van der Waals surface area contributed by atoms with E-state index in [4.69, 9.17) is 0 Å². The van der Waals surface area contributed by atoms with Crippen LogP contribution in [0.3, 0.4) is 0 Å². The number of thiophene rings is 1. The number of benzene rings is 2. The minimum Gasteiger partial charge on any atom is -0.369 e. The van der Waals surface area contributed by atoms with Crippen molar-refractivity contribution in [1.29, 1.82) is 0 Å². The lowest BCUT2D eigenvalue weighted by atomic mass is 10.2. The van der Waals surface area contributed by atoms with Crippen LogP contribution in [-0.4, -0.2) is 44.8 Å². The quantitative estimate of drug-likeness (QED) is 0.677. The molecule has 1 aliphatic rings. The lowest BCUT2D eigenvalue weighted by Crippen LogP contribution is -2.48. The number of carbonyl (C=O) groups excluding carboxylic acids is 1. The van der Waals surface area contributed by atoms with Gasteiger partial charge >= 0.3 is 0 Å². The molecule has 1 amide bonds. The van der Waals surface area contributed by atoms with Crippen LogP contribution in [0.15, 0.2) is 77.0 Å². The highest BCUT2D eigenvalue weighted by atomic mass is 32.2. The van der Waals surface area contributed by atoms with Crippen molar-refractivity contribution in [3.8, 4) is 0 Å². The van der Waals surface area contributed by atoms with Crippen LogP contribution in [0.1, 0.15) is 9.67 Å². The molecule has 0 bridgehead atoms. The first kappa shape index (κ1) is 19.6. The van der Waals surface area contributed by atoms with E-state index >= 15 is 0 Å². The van der Waals surface area contributed by atoms with Crippen LogP contribution in [0.25, 0.3) is 0 Å². The fraction of sp³-hybridized carbons (Fsp3) is 0.190. The van der Waals surface area contributed by atoms with Crippen molar-refractivity contribution >= 4 is 38.6 Å². The number of hydrogen-bond acceptors (Lipinski definition) is 5. The standard InChI is InChI=1S/C21H21N3O3S2/c25-21(22-17-7-3-1-4-8-17)20-15-19(16-28-20)29(26,27)24-13-11-23(12-14-24)18-9-5-2-6-10-18/h1-10,15-16H,11-14H2,(H,22,25). The highest BCUT2D eigenvalue weighted by molar-refractivity contribution is 7.89. The number of nitrogens with one attached hydrogen (secondary N) is 1. The van der Waals surface area contributed by atoms with Gasteiger partial charge < -0.3 is 10.2 Å². The van der Waals surface area contributed by atoms with Crippen molar-refractivity contribution in [2.45, 2.75) is 4.90 Å². The van der Waals surface area contributed by atoms with Crippen molar-refractivity contribution < 1.29 is 13.2 Å². The maximum Gasteiger partial charge on any atom is 0.265 e. The van der Waals surface area contributed by atoms with Crippen LogP contribution < -0.4 is 10.2 Å². The van der Waals surface area contributed by atoms with Gasteiger partial charge in [-0.25, -0.2) is 8.42 Å². The zero-order chi connectivity index (χ0) is 20.3. The van der Waals surface area contributed by atoms with E-state index < -0.39 is 10.0 Å². The maximum absolute atomic E-state index is 13.0. The normalized spacial score (nSPS) is 15.2. The van der Waals surface area contributed by atoms with Crippen molar-refractivity contribution in [2.24, 2.45) is 0 Å². The molecular weight excluding hydrogens is 406 g/mol. The van der Waals surface area contributed by atoms with Gasteiger partial charge in [0.05, 0.1) is 9.77 Å². The van der Waals surface area contributed by atoms with Gasteiger partial charge in [-0.2, -0.15) is 4.31 Å². The summed E-state index contributed by atoms with van der Waals surface area (Å²) in [6, 6.07) is 20.5. The molecule has 0 unspecified atom stereocenters. The average molecular weight is 428 g/mol. The summed E-state index contributed by atoms with van der Waals surface area (Å²) in [7, 11) is -3.62. The Bertz CT molecular complexity index is 1070. The highest BCUT2D eigenvalue weighted by Crippen LogP contribution is 2.25. The Morgan fingerprint density at radius 3 is 2.17 bits per heavy atom. The van der Waals surface area contributed by atoms with Crippen molar-refractivity contribution in [2.75, 3.05) is 36.4 Å². The summed E-state index contributed by atoms with van der Waals surface area (Å²) in [6.45, 7) is 2.10. The van der Waals surface area contributed by atoms with Crippen LogP contribution in [0.2, 0.25) is 0 Å². The van der Waals surface area contributed by atoms with Crippen LogP contribution in [-0.2, 0) is 10.0 Å². The maximum atomic E-state index is 13.0. The zero-order valence-electron chi connectivity index (χ0n) is 15.7. The molecule has 1 N–H and O–H groups in total. The summed E-state index contributed by atoms with van der Waals surface area (Å²) in [5, 5.41) is 4.32. The van der Waals surface area contributed by atoms with Crippen LogP contribution in [0.4, 0.5) is 11.4 Å². The fourth-order valence-corrected chi connectivity index (χ4v) is 5.84. The molecule has 2 heterocycles. The average Bonchev–Trinajstić information content (AvgIpc) is 3.27. The number of amides is 1. The van der Waals surface area contributed by atoms with Crippen LogP contribution >= 0.6 is 11.3 Å². The topological polar surface area (TPSA) is 69.7 Å². The largest absolute Gasteiger partial charge is 0.369 e. The van der Waals surface area contributed by atoms with E-state index in [1.807, 2.05) is 48.5 Å². The minimum atomic E-state index is -3.62. The van der Waals surface area contributed by atoms with E-state index in [-0.39, 0.29) is 10.8 Å². The number of nitrogens with zero attached hydrogens (tertiary/aromatic N) is 2. The van der Waals surface area contributed by atoms with Gasteiger partial charge in [0.2, 0.25) is 10.0 Å². The third kappa shape index (κ3) is 4.34. The number of anilines is 2. The lowest BCUT2D eigenvalue weighted by molar-refractivity contribution is 0.103. The minimum absolute atomic E-state index is 0.175. The summed E-state index contributed by atoms with van der Waals surface area (Å²) in [4.78, 5) is 15.1. The second-order valence-corrected chi connectivity index (χ2v) is 9.54. The molecule has 150 valence electrons. The van der Waals surface area contributed by atoms with Gasteiger partial charge in [0.15, 0.2) is 0 Å².